The highest BCUT2D eigenvalue weighted by Gasteiger charge is 2.33. The summed E-state index contributed by atoms with van der Waals surface area (Å²) in [5.74, 6) is 0. The van der Waals surface area contributed by atoms with E-state index in [4.69, 9.17) is 15.2 Å². The number of nitrogens with two attached hydrogens (primary N) is 1. The van der Waals surface area contributed by atoms with Crippen LogP contribution >= 0.6 is 0 Å². The van der Waals surface area contributed by atoms with Gasteiger partial charge in [0, 0.05) is 5.69 Å². The minimum Gasteiger partial charge on any atom is -0.479 e. The zero-order valence-corrected chi connectivity index (χ0v) is 8.22. The van der Waals surface area contributed by atoms with Crippen molar-refractivity contribution < 1.29 is 9.47 Å². The summed E-state index contributed by atoms with van der Waals surface area (Å²) in [6.07, 6.45) is 1.77. The summed E-state index contributed by atoms with van der Waals surface area (Å²) in [6, 6.07) is 7.75. The van der Waals surface area contributed by atoms with Crippen LogP contribution in [0.15, 0.2) is 36.2 Å². The molecule has 1 aromatic carbocycles. The zero-order valence-electron chi connectivity index (χ0n) is 8.22. The molecule has 3 rings (SSSR count). The first-order valence-electron chi connectivity index (χ1n) is 4.88. The highest BCUT2D eigenvalue weighted by molar-refractivity contribution is 5.41. The van der Waals surface area contributed by atoms with E-state index in [9.17, 15) is 0 Å². The standard InChI is InChI=1S/C11H12N2O2/c12-9-3-1-8(2-4-9)11-10-5-14-6-13(10)7-15-11/h1-5,11H,6-7,12H2. The Morgan fingerprint density at radius 1 is 1.20 bits per heavy atom. The van der Waals surface area contributed by atoms with Crippen molar-refractivity contribution in [3.8, 4) is 0 Å². The number of nitrogens with zero attached hydrogens (tertiary/aromatic N) is 1. The molecular weight excluding hydrogens is 192 g/mol. The second kappa shape index (κ2) is 3.17. The maximum absolute atomic E-state index is 5.68. The van der Waals surface area contributed by atoms with Crippen LogP contribution in [-0.2, 0) is 9.47 Å². The predicted octanol–water partition coefficient (Wildman–Crippen LogP) is 1.43. The highest BCUT2D eigenvalue weighted by atomic mass is 16.5. The molecule has 15 heavy (non-hydrogen) atoms. The Hall–Kier alpha value is -1.68. The van der Waals surface area contributed by atoms with Crippen molar-refractivity contribution in [3.05, 3.63) is 41.8 Å². The first-order chi connectivity index (χ1) is 7.34. The van der Waals surface area contributed by atoms with E-state index in [1.54, 1.807) is 6.26 Å². The van der Waals surface area contributed by atoms with Gasteiger partial charge in [-0.2, -0.15) is 0 Å². The summed E-state index contributed by atoms with van der Waals surface area (Å²) in [6.45, 7) is 1.20. The van der Waals surface area contributed by atoms with E-state index >= 15 is 0 Å². The molecule has 0 aromatic heterocycles. The molecule has 1 unspecified atom stereocenters. The van der Waals surface area contributed by atoms with Crippen LogP contribution in [0.5, 0.6) is 0 Å². The maximum atomic E-state index is 5.68. The van der Waals surface area contributed by atoms with Crippen LogP contribution in [0, 0.1) is 0 Å². The van der Waals surface area contributed by atoms with Gasteiger partial charge in [0.2, 0.25) is 0 Å². The number of ether oxygens (including phenoxy) is 2. The van der Waals surface area contributed by atoms with Gasteiger partial charge in [-0.1, -0.05) is 12.1 Å². The summed E-state index contributed by atoms with van der Waals surface area (Å²) in [5.41, 5.74) is 8.62. The Balaban J connectivity index is 1.91. The molecular formula is C11H12N2O2. The number of rotatable bonds is 1. The summed E-state index contributed by atoms with van der Waals surface area (Å²) in [5, 5.41) is 0. The molecule has 2 aliphatic heterocycles. The van der Waals surface area contributed by atoms with E-state index < -0.39 is 0 Å². The third kappa shape index (κ3) is 1.34. The quantitative estimate of drug-likeness (QED) is 0.703. The summed E-state index contributed by atoms with van der Waals surface area (Å²) in [7, 11) is 0. The van der Waals surface area contributed by atoms with E-state index in [-0.39, 0.29) is 6.10 Å². The van der Waals surface area contributed by atoms with Crippen molar-refractivity contribution in [1.29, 1.82) is 0 Å². The minimum atomic E-state index is -0.00639. The van der Waals surface area contributed by atoms with Crippen LogP contribution in [0.25, 0.3) is 0 Å². The molecule has 2 N–H and O–H groups in total. The van der Waals surface area contributed by atoms with Crippen molar-refractivity contribution in [3.63, 3.8) is 0 Å². The molecule has 0 saturated carbocycles. The molecule has 4 nitrogen and oxygen atoms in total. The molecule has 0 bridgehead atoms. The molecule has 2 aliphatic rings. The first-order valence-corrected chi connectivity index (χ1v) is 4.88. The van der Waals surface area contributed by atoms with Gasteiger partial charge in [-0.3, -0.25) is 0 Å². The smallest absolute Gasteiger partial charge is 0.162 e. The number of nitrogen functional groups attached to an aromatic ring is 1. The fourth-order valence-electron chi connectivity index (χ4n) is 1.89. The average Bonchev–Trinajstić information content (AvgIpc) is 2.80. The van der Waals surface area contributed by atoms with Gasteiger partial charge in [-0.15, -0.1) is 0 Å². The number of fused-ring (bicyclic) bond motifs is 1. The van der Waals surface area contributed by atoms with Crippen molar-refractivity contribution in [2.45, 2.75) is 6.10 Å². The summed E-state index contributed by atoms with van der Waals surface area (Å²) >= 11 is 0. The van der Waals surface area contributed by atoms with E-state index in [0.717, 1.165) is 16.9 Å². The normalized spacial score (nSPS) is 23.6. The SMILES string of the molecule is Nc1ccc(C2OCN3COC=C23)cc1. The lowest BCUT2D eigenvalue weighted by atomic mass is 10.1. The maximum Gasteiger partial charge on any atom is 0.162 e. The monoisotopic (exact) mass is 204 g/mol. The molecule has 1 saturated heterocycles. The fraction of sp³-hybridized carbons (Fsp3) is 0.273. The van der Waals surface area contributed by atoms with Gasteiger partial charge in [0.25, 0.3) is 0 Å². The van der Waals surface area contributed by atoms with Crippen LogP contribution in [0.2, 0.25) is 0 Å². The molecule has 2 heterocycles. The second-order valence-electron chi connectivity index (χ2n) is 3.72. The van der Waals surface area contributed by atoms with Crippen LogP contribution in [0.1, 0.15) is 11.7 Å². The van der Waals surface area contributed by atoms with Crippen LogP contribution in [0.4, 0.5) is 5.69 Å². The second-order valence-corrected chi connectivity index (χ2v) is 3.72. The zero-order chi connectivity index (χ0) is 10.3. The molecule has 0 amide bonds. The molecule has 4 heteroatoms. The number of anilines is 1. The van der Waals surface area contributed by atoms with Gasteiger partial charge < -0.3 is 20.1 Å². The average molecular weight is 204 g/mol. The van der Waals surface area contributed by atoms with Gasteiger partial charge in [0.1, 0.15) is 19.1 Å². The Labute approximate surface area is 87.9 Å². The third-order valence-electron chi connectivity index (χ3n) is 2.70. The fourth-order valence-corrected chi connectivity index (χ4v) is 1.89. The van der Waals surface area contributed by atoms with Crippen molar-refractivity contribution in [2.75, 3.05) is 19.2 Å². The van der Waals surface area contributed by atoms with Crippen molar-refractivity contribution in [1.82, 2.24) is 4.90 Å². The lowest BCUT2D eigenvalue weighted by molar-refractivity contribution is 0.0555. The Morgan fingerprint density at radius 3 is 2.80 bits per heavy atom. The van der Waals surface area contributed by atoms with Gasteiger partial charge in [-0.25, -0.2) is 0 Å². The topological polar surface area (TPSA) is 47.7 Å². The minimum absolute atomic E-state index is 0.00639. The molecule has 0 aliphatic carbocycles. The molecule has 1 aromatic rings. The molecule has 1 fully saturated rings. The molecule has 78 valence electrons. The third-order valence-corrected chi connectivity index (χ3v) is 2.70. The highest BCUT2D eigenvalue weighted by Crippen LogP contribution is 2.36. The molecule has 0 spiro atoms. The van der Waals surface area contributed by atoms with Crippen molar-refractivity contribution >= 4 is 5.69 Å². The van der Waals surface area contributed by atoms with Gasteiger partial charge >= 0.3 is 0 Å². The van der Waals surface area contributed by atoms with Crippen molar-refractivity contribution in [2.24, 2.45) is 0 Å². The summed E-state index contributed by atoms with van der Waals surface area (Å²) in [4.78, 5) is 2.07. The van der Waals surface area contributed by atoms with Crippen LogP contribution in [-0.4, -0.2) is 18.4 Å². The number of hydrogen-bond donors (Lipinski definition) is 1. The number of hydrogen-bond acceptors (Lipinski definition) is 4. The number of benzene rings is 1. The van der Waals surface area contributed by atoms with Gasteiger partial charge in [0.05, 0.1) is 5.70 Å². The van der Waals surface area contributed by atoms with E-state index in [1.165, 1.54) is 0 Å². The first kappa shape index (κ1) is 8.61. The van der Waals surface area contributed by atoms with Crippen LogP contribution < -0.4 is 5.73 Å². The van der Waals surface area contributed by atoms with E-state index in [2.05, 4.69) is 4.90 Å². The van der Waals surface area contributed by atoms with E-state index in [1.807, 2.05) is 24.3 Å². The molecule has 1 atom stereocenters. The summed E-state index contributed by atoms with van der Waals surface area (Å²) < 4.78 is 10.9. The Morgan fingerprint density at radius 2 is 2.00 bits per heavy atom. The lowest BCUT2D eigenvalue weighted by Gasteiger charge is -2.10. The molecule has 0 radical (unpaired) electrons. The van der Waals surface area contributed by atoms with Gasteiger partial charge in [0.15, 0.2) is 6.73 Å². The van der Waals surface area contributed by atoms with E-state index in [0.29, 0.717) is 13.5 Å². The lowest BCUT2D eigenvalue weighted by Crippen LogP contribution is -2.14. The largest absolute Gasteiger partial charge is 0.479 e. The van der Waals surface area contributed by atoms with Crippen LogP contribution in [0.3, 0.4) is 0 Å². The Kier molecular flexibility index (Phi) is 1.82. The Bertz CT molecular complexity index is 400. The van der Waals surface area contributed by atoms with Gasteiger partial charge in [-0.05, 0) is 17.7 Å². The predicted molar refractivity (Wildman–Crippen MR) is 55.4 cm³/mol.